The van der Waals surface area contributed by atoms with Gasteiger partial charge in [-0.25, -0.2) is 4.98 Å². The Morgan fingerprint density at radius 2 is 1.95 bits per heavy atom. The SMILES string of the molecule is CC(N)c1ccc(N2CCN(CCN(C)C)CC2)nc1. The number of piperazine rings is 1. The molecule has 2 rings (SSSR count). The van der Waals surface area contributed by atoms with Crippen molar-refractivity contribution in [2.75, 3.05) is 58.3 Å². The minimum atomic E-state index is 0.0550. The van der Waals surface area contributed by atoms with E-state index in [0.29, 0.717) is 0 Å². The van der Waals surface area contributed by atoms with Crippen molar-refractivity contribution in [3.05, 3.63) is 23.9 Å². The minimum Gasteiger partial charge on any atom is -0.354 e. The molecule has 1 unspecified atom stereocenters. The van der Waals surface area contributed by atoms with Crippen LogP contribution in [-0.2, 0) is 0 Å². The van der Waals surface area contributed by atoms with E-state index in [1.54, 1.807) is 0 Å². The van der Waals surface area contributed by atoms with Crippen LogP contribution in [0.25, 0.3) is 0 Å². The molecule has 5 nitrogen and oxygen atoms in total. The molecule has 0 aromatic carbocycles. The monoisotopic (exact) mass is 277 g/mol. The summed E-state index contributed by atoms with van der Waals surface area (Å²) >= 11 is 0. The van der Waals surface area contributed by atoms with E-state index in [1.807, 2.05) is 13.1 Å². The fourth-order valence-electron chi connectivity index (χ4n) is 2.40. The van der Waals surface area contributed by atoms with Gasteiger partial charge in [0.15, 0.2) is 0 Å². The summed E-state index contributed by atoms with van der Waals surface area (Å²) in [4.78, 5) is 11.7. The van der Waals surface area contributed by atoms with Crippen LogP contribution in [0.15, 0.2) is 18.3 Å². The van der Waals surface area contributed by atoms with Gasteiger partial charge in [0.05, 0.1) is 0 Å². The van der Waals surface area contributed by atoms with Crippen LogP contribution in [0.2, 0.25) is 0 Å². The van der Waals surface area contributed by atoms with Gasteiger partial charge in [-0.3, -0.25) is 4.90 Å². The van der Waals surface area contributed by atoms with Crippen molar-refractivity contribution in [3.8, 4) is 0 Å². The summed E-state index contributed by atoms with van der Waals surface area (Å²) in [5.74, 6) is 1.07. The van der Waals surface area contributed by atoms with E-state index in [-0.39, 0.29) is 6.04 Å². The zero-order chi connectivity index (χ0) is 14.5. The molecule has 2 N–H and O–H groups in total. The fraction of sp³-hybridized carbons (Fsp3) is 0.667. The third-order valence-electron chi connectivity index (χ3n) is 3.86. The Morgan fingerprint density at radius 1 is 1.25 bits per heavy atom. The molecule has 112 valence electrons. The maximum absolute atomic E-state index is 5.85. The number of aromatic nitrogens is 1. The predicted octanol–water partition coefficient (Wildman–Crippen LogP) is 0.785. The van der Waals surface area contributed by atoms with Crippen LogP contribution in [0.5, 0.6) is 0 Å². The fourth-order valence-corrected chi connectivity index (χ4v) is 2.40. The number of nitrogens with two attached hydrogens (primary N) is 1. The predicted molar refractivity (Wildman–Crippen MR) is 84.0 cm³/mol. The summed E-state index contributed by atoms with van der Waals surface area (Å²) in [6, 6.07) is 4.24. The smallest absolute Gasteiger partial charge is 0.128 e. The molecule has 2 heterocycles. The Balaban J connectivity index is 1.84. The van der Waals surface area contributed by atoms with Crippen LogP contribution < -0.4 is 10.6 Å². The van der Waals surface area contributed by atoms with Gasteiger partial charge in [0.2, 0.25) is 0 Å². The van der Waals surface area contributed by atoms with Crippen molar-refractivity contribution >= 4 is 5.82 Å². The second-order valence-electron chi connectivity index (χ2n) is 5.87. The molecule has 0 amide bonds. The van der Waals surface area contributed by atoms with Gasteiger partial charge in [0, 0.05) is 51.5 Å². The zero-order valence-corrected chi connectivity index (χ0v) is 12.9. The summed E-state index contributed by atoms with van der Waals surface area (Å²) < 4.78 is 0. The van der Waals surface area contributed by atoms with E-state index < -0.39 is 0 Å². The van der Waals surface area contributed by atoms with E-state index in [2.05, 4.69) is 45.9 Å². The lowest BCUT2D eigenvalue weighted by atomic mass is 10.1. The molecule has 0 saturated carbocycles. The third kappa shape index (κ3) is 4.16. The van der Waals surface area contributed by atoms with Gasteiger partial charge < -0.3 is 15.5 Å². The molecule has 1 atom stereocenters. The lowest BCUT2D eigenvalue weighted by Crippen LogP contribution is -2.48. The molecule has 20 heavy (non-hydrogen) atoms. The summed E-state index contributed by atoms with van der Waals surface area (Å²) in [5.41, 5.74) is 6.95. The number of anilines is 1. The van der Waals surface area contributed by atoms with Crippen molar-refractivity contribution in [1.82, 2.24) is 14.8 Å². The lowest BCUT2D eigenvalue weighted by Gasteiger charge is -2.35. The third-order valence-corrected chi connectivity index (χ3v) is 3.86. The normalized spacial score (nSPS) is 18.6. The molecule has 0 bridgehead atoms. The van der Waals surface area contributed by atoms with E-state index in [0.717, 1.165) is 50.6 Å². The van der Waals surface area contributed by atoms with Crippen LogP contribution in [0.1, 0.15) is 18.5 Å². The molecule has 1 aliphatic rings. The minimum absolute atomic E-state index is 0.0550. The van der Waals surface area contributed by atoms with E-state index in [4.69, 9.17) is 5.73 Å². The Morgan fingerprint density at radius 3 is 2.45 bits per heavy atom. The van der Waals surface area contributed by atoms with E-state index >= 15 is 0 Å². The number of hydrogen-bond donors (Lipinski definition) is 1. The zero-order valence-electron chi connectivity index (χ0n) is 12.9. The quantitative estimate of drug-likeness (QED) is 0.862. The number of hydrogen-bond acceptors (Lipinski definition) is 5. The van der Waals surface area contributed by atoms with Gasteiger partial charge in [-0.05, 0) is 32.6 Å². The Hall–Kier alpha value is -1.17. The highest BCUT2D eigenvalue weighted by molar-refractivity contribution is 5.40. The molecular weight excluding hydrogens is 250 g/mol. The standard InChI is InChI=1S/C15H27N5/c1-13(16)14-4-5-15(17-12-14)20-10-8-19(9-11-20)7-6-18(2)3/h4-5,12-13H,6-11,16H2,1-3H3. The second kappa shape index (κ2) is 7.02. The average Bonchev–Trinajstić information content (AvgIpc) is 2.46. The maximum Gasteiger partial charge on any atom is 0.128 e. The molecule has 1 fully saturated rings. The van der Waals surface area contributed by atoms with Crippen molar-refractivity contribution in [2.24, 2.45) is 5.73 Å². The highest BCUT2D eigenvalue weighted by atomic mass is 15.3. The first-order valence-corrected chi connectivity index (χ1v) is 7.40. The molecule has 5 heteroatoms. The summed E-state index contributed by atoms with van der Waals surface area (Å²) in [7, 11) is 4.25. The highest BCUT2D eigenvalue weighted by Crippen LogP contribution is 2.16. The topological polar surface area (TPSA) is 48.6 Å². The Kier molecular flexibility index (Phi) is 5.34. The highest BCUT2D eigenvalue weighted by Gasteiger charge is 2.17. The summed E-state index contributed by atoms with van der Waals surface area (Å²) in [5, 5.41) is 0. The molecule has 1 aliphatic heterocycles. The second-order valence-corrected chi connectivity index (χ2v) is 5.87. The molecule has 1 saturated heterocycles. The van der Waals surface area contributed by atoms with E-state index in [9.17, 15) is 0 Å². The molecule has 0 radical (unpaired) electrons. The largest absolute Gasteiger partial charge is 0.354 e. The van der Waals surface area contributed by atoms with Crippen molar-refractivity contribution in [3.63, 3.8) is 0 Å². The Bertz CT molecular complexity index is 393. The van der Waals surface area contributed by atoms with Crippen LogP contribution in [-0.4, -0.2) is 68.1 Å². The van der Waals surface area contributed by atoms with Crippen LogP contribution in [0.4, 0.5) is 5.82 Å². The van der Waals surface area contributed by atoms with Gasteiger partial charge in [-0.2, -0.15) is 0 Å². The van der Waals surface area contributed by atoms with Gasteiger partial charge >= 0.3 is 0 Å². The van der Waals surface area contributed by atoms with Gasteiger partial charge in [0.1, 0.15) is 5.82 Å². The molecule has 0 spiro atoms. The molecule has 1 aromatic rings. The molecular formula is C15H27N5. The van der Waals surface area contributed by atoms with Crippen LogP contribution in [0, 0.1) is 0 Å². The Labute approximate surface area is 122 Å². The molecule has 1 aromatic heterocycles. The first kappa shape index (κ1) is 15.2. The lowest BCUT2D eigenvalue weighted by molar-refractivity contribution is 0.229. The first-order valence-electron chi connectivity index (χ1n) is 7.40. The van der Waals surface area contributed by atoms with E-state index in [1.165, 1.54) is 0 Å². The summed E-state index contributed by atoms with van der Waals surface area (Å²) in [6.07, 6.45) is 1.90. The average molecular weight is 277 g/mol. The van der Waals surface area contributed by atoms with Crippen molar-refractivity contribution in [2.45, 2.75) is 13.0 Å². The van der Waals surface area contributed by atoms with Gasteiger partial charge in [-0.15, -0.1) is 0 Å². The van der Waals surface area contributed by atoms with Crippen molar-refractivity contribution < 1.29 is 0 Å². The first-order chi connectivity index (χ1) is 9.56. The number of likely N-dealkylation sites (N-methyl/N-ethyl adjacent to an activating group) is 1. The summed E-state index contributed by atoms with van der Waals surface area (Å²) in [6.45, 7) is 8.60. The van der Waals surface area contributed by atoms with Crippen LogP contribution >= 0.6 is 0 Å². The number of nitrogens with zero attached hydrogens (tertiary/aromatic N) is 4. The number of pyridine rings is 1. The van der Waals surface area contributed by atoms with Crippen molar-refractivity contribution in [1.29, 1.82) is 0 Å². The molecule has 0 aliphatic carbocycles. The van der Waals surface area contributed by atoms with Gasteiger partial charge in [0.25, 0.3) is 0 Å². The maximum atomic E-state index is 5.85. The van der Waals surface area contributed by atoms with Crippen LogP contribution in [0.3, 0.4) is 0 Å². The number of rotatable bonds is 5. The van der Waals surface area contributed by atoms with Gasteiger partial charge in [-0.1, -0.05) is 6.07 Å².